The van der Waals surface area contributed by atoms with Crippen LogP contribution in [0.3, 0.4) is 0 Å². The molecular formula is C24H30ClN3O4. The van der Waals surface area contributed by atoms with Crippen molar-refractivity contribution in [3.63, 3.8) is 0 Å². The van der Waals surface area contributed by atoms with Crippen LogP contribution >= 0.6 is 12.4 Å². The second-order valence-corrected chi connectivity index (χ2v) is 8.19. The third-order valence-electron chi connectivity index (χ3n) is 6.09. The Balaban J connectivity index is 0.00000289. The fourth-order valence-electron chi connectivity index (χ4n) is 4.16. The number of morpholine rings is 1. The Morgan fingerprint density at radius 2 is 1.69 bits per heavy atom. The molecule has 2 heterocycles. The Hall–Kier alpha value is -2.45. The number of hydrogen-bond donors (Lipinski definition) is 3. The normalized spacial score (nSPS) is 19.8. The van der Waals surface area contributed by atoms with Crippen LogP contribution in [-0.4, -0.2) is 66.3 Å². The summed E-state index contributed by atoms with van der Waals surface area (Å²) < 4.78 is 5.28. The van der Waals surface area contributed by atoms with Gasteiger partial charge in [-0.1, -0.05) is 24.3 Å². The van der Waals surface area contributed by atoms with Crippen LogP contribution in [-0.2, 0) is 17.7 Å². The topological polar surface area (TPSA) is 90.9 Å². The lowest BCUT2D eigenvalue weighted by Crippen LogP contribution is -2.53. The lowest BCUT2D eigenvalue weighted by Gasteiger charge is -2.33. The van der Waals surface area contributed by atoms with Gasteiger partial charge in [0.25, 0.3) is 11.8 Å². The molecule has 4 rings (SSSR count). The smallest absolute Gasteiger partial charge is 0.254 e. The minimum Gasteiger partial charge on any atom is -0.389 e. The van der Waals surface area contributed by atoms with E-state index in [4.69, 9.17) is 4.74 Å². The summed E-state index contributed by atoms with van der Waals surface area (Å²) in [5.74, 6) is -0.323. The third-order valence-corrected chi connectivity index (χ3v) is 6.09. The second kappa shape index (κ2) is 10.9. The van der Waals surface area contributed by atoms with Gasteiger partial charge >= 0.3 is 0 Å². The number of amides is 2. The maximum absolute atomic E-state index is 12.7. The molecule has 2 aliphatic heterocycles. The van der Waals surface area contributed by atoms with Crippen LogP contribution in [0.15, 0.2) is 48.5 Å². The number of ether oxygens (including phenoxy) is 1. The number of benzene rings is 2. The van der Waals surface area contributed by atoms with Gasteiger partial charge in [-0.15, -0.1) is 12.4 Å². The molecule has 172 valence electrons. The number of hydrogen-bond acceptors (Lipinski definition) is 5. The van der Waals surface area contributed by atoms with Crippen molar-refractivity contribution < 1.29 is 19.4 Å². The first-order valence-corrected chi connectivity index (χ1v) is 10.8. The van der Waals surface area contributed by atoms with Crippen molar-refractivity contribution in [1.82, 2.24) is 15.5 Å². The van der Waals surface area contributed by atoms with Crippen LogP contribution in [0.1, 0.15) is 38.8 Å². The number of halogens is 1. The van der Waals surface area contributed by atoms with E-state index in [-0.39, 0.29) is 30.3 Å². The highest BCUT2D eigenvalue weighted by atomic mass is 35.5. The molecule has 7 nitrogen and oxygen atoms in total. The van der Waals surface area contributed by atoms with E-state index < -0.39 is 12.1 Å². The number of nitrogens with zero attached hydrogens (tertiary/aromatic N) is 1. The lowest BCUT2D eigenvalue weighted by molar-refractivity contribution is 0.0303. The zero-order chi connectivity index (χ0) is 21.8. The molecule has 2 aromatic rings. The quantitative estimate of drug-likeness (QED) is 0.634. The van der Waals surface area contributed by atoms with Gasteiger partial charge in [-0.2, -0.15) is 0 Å². The number of carbonyl (C=O) groups is 2. The molecule has 8 heteroatoms. The van der Waals surface area contributed by atoms with E-state index in [0.717, 1.165) is 6.42 Å². The van der Waals surface area contributed by atoms with Crippen LogP contribution in [0, 0.1) is 0 Å². The summed E-state index contributed by atoms with van der Waals surface area (Å²) >= 11 is 0. The average molecular weight is 460 g/mol. The predicted octanol–water partition coefficient (Wildman–Crippen LogP) is 1.77. The molecule has 0 bridgehead atoms. The minimum atomic E-state index is -0.723. The maximum atomic E-state index is 12.7. The first kappa shape index (κ1) is 24.2. The van der Waals surface area contributed by atoms with E-state index in [2.05, 4.69) is 22.8 Å². The molecule has 1 saturated heterocycles. The molecule has 32 heavy (non-hydrogen) atoms. The van der Waals surface area contributed by atoms with E-state index in [0.29, 0.717) is 44.0 Å². The van der Waals surface area contributed by atoms with Crippen LogP contribution in [0.2, 0.25) is 0 Å². The zero-order valence-electron chi connectivity index (χ0n) is 18.1. The minimum absolute atomic E-state index is 0. The molecule has 3 atom stereocenters. The molecule has 0 aliphatic carbocycles. The van der Waals surface area contributed by atoms with Crippen LogP contribution in [0.4, 0.5) is 0 Å². The average Bonchev–Trinajstić information content (AvgIpc) is 2.83. The van der Waals surface area contributed by atoms with Crippen LogP contribution in [0.5, 0.6) is 0 Å². The molecule has 0 aromatic heterocycles. The summed E-state index contributed by atoms with van der Waals surface area (Å²) in [7, 11) is 0. The highest BCUT2D eigenvalue weighted by Crippen LogP contribution is 2.19. The third kappa shape index (κ3) is 5.48. The highest BCUT2D eigenvalue weighted by molar-refractivity contribution is 5.98. The van der Waals surface area contributed by atoms with Gasteiger partial charge in [0.2, 0.25) is 0 Å². The fourth-order valence-corrected chi connectivity index (χ4v) is 4.16. The molecule has 3 N–H and O–H groups in total. The molecule has 0 spiro atoms. The van der Waals surface area contributed by atoms with E-state index in [1.807, 2.05) is 12.1 Å². The number of aliphatic hydroxyl groups excluding tert-OH is 1. The largest absolute Gasteiger partial charge is 0.389 e. The lowest BCUT2D eigenvalue weighted by atomic mass is 9.90. The SMILES string of the molecule is CC(NC(=O)c1ccc(C(=O)N2CCOCC2)cc1)[C@H](O)C1Cc2ccccc2CN1.Cl. The van der Waals surface area contributed by atoms with Crippen LogP contribution in [0.25, 0.3) is 0 Å². The Labute approximate surface area is 194 Å². The molecule has 2 amide bonds. The summed E-state index contributed by atoms with van der Waals surface area (Å²) in [5, 5.41) is 17.0. The Kier molecular flexibility index (Phi) is 8.26. The van der Waals surface area contributed by atoms with Gasteiger partial charge in [-0.25, -0.2) is 0 Å². The summed E-state index contributed by atoms with van der Waals surface area (Å²) in [6, 6.07) is 14.3. The maximum Gasteiger partial charge on any atom is 0.254 e. The Morgan fingerprint density at radius 1 is 1.06 bits per heavy atom. The summed E-state index contributed by atoms with van der Waals surface area (Å²) in [6.45, 7) is 4.77. The summed E-state index contributed by atoms with van der Waals surface area (Å²) in [6.07, 6.45) is -0.00455. The zero-order valence-corrected chi connectivity index (χ0v) is 18.9. The second-order valence-electron chi connectivity index (χ2n) is 8.19. The van der Waals surface area contributed by atoms with Gasteiger partial charge in [0.15, 0.2) is 0 Å². The van der Waals surface area contributed by atoms with Gasteiger partial charge in [0.1, 0.15) is 0 Å². The monoisotopic (exact) mass is 459 g/mol. The van der Waals surface area contributed by atoms with E-state index in [9.17, 15) is 14.7 Å². The first-order valence-electron chi connectivity index (χ1n) is 10.8. The van der Waals surface area contributed by atoms with Crippen molar-refractivity contribution in [3.8, 4) is 0 Å². The predicted molar refractivity (Wildman–Crippen MR) is 124 cm³/mol. The van der Waals surface area contributed by atoms with Crippen molar-refractivity contribution in [2.75, 3.05) is 26.3 Å². The Morgan fingerprint density at radius 3 is 2.38 bits per heavy atom. The molecule has 2 unspecified atom stereocenters. The van der Waals surface area contributed by atoms with Gasteiger partial charge < -0.3 is 25.4 Å². The number of nitrogens with one attached hydrogen (secondary N) is 2. The molecule has 0 radical (unpaired) electrons. The van der Waals surface area contributed by atoms with Gasteiger partial charge in [-0.3, -0.25) is 9.59 Å². The number of carbonyl (C=O) groups excluding carboxylic acids is 2. The van der Waals surface area contributed by atoms with Gasteiger partial charge in [0, 0.05) is 36.8 Å². The van der Waals surface area contributed by atoms with Crippen molar-refractivity contribution in [3.05, 3.63) is 70.8 Å². The number of aliphatic hydroxyl groups is 1. The molecule has 2 aromatic carbocycles. The Bertz CT molecular complexity index is 931. The number of fused-ring (bicyclic) bond motifs is 1. The molecule has 2 aliphatic rings. The summed E-state index contributed by atoms with van der Waals surface area (Å²) in [5.41, 5.74) is 3.48. The van der Waals surface area contributed by atoms with Gasteiger partial charge in [-0.05, 0) is 48.7 Å². The van der Waals surface area contributed by atoms with E-state index in [1.165, 1.54) is 11.1 Å². The van der Waals surface area contributed by atoms with Crippen molar-refractivity contribution >= 4 is 24.2 Å². The highest BCUT2D eigenvalue weighted by Gasteiger charge is 2.29. The van der Waals surface area contributed by atoms with Crippen LogP contribution < -0.4 is 10.6 Å². The molecular weight excluding hydrogens is 430 g/mol. The van der Waals surface area contributed by atoms with Crippen molar-refractivity contribution in [1.29, 1.82) is 0 Å². The van der Waals surface area contributed by atoms with Crippen molar-refractivity contribution in [2.24, 2.45) is 0 Å². The van der Waals surface area contributed by atoms with Crippen molar-refractivity contribution in [2.45, 2.75) is 38.1 Å². The first-order chi connectivity index (χ1) is 15.0. The van der Waals surface area contributed by atoms with Gasteiger partial charge in [0.05, 0.1) is 25.4 Å². The number of rotatable bonds is 5. The standard InChI is InChI=1S/C24H29N3O4.ClH/c1-16(22(28)21-14-19-4-2-3-5-20(19)15-25-21)26-23(29)17-6-8-18(9-7-17)24(30)27-10-12-31-13-11-27;/h2-9,16,21-22,25,28H,10-15H2,1H3,(H,26,29);1H/t16?,21?,22-;/m0./s1. The summed E-state index contributed by atoms with van der Waals surface area (Å²) in [4.78, 5) is 27.0. The molecule has 0 saturated carbocycles. The molecule has 1 fully saturated rings. The van der Waals surface area contributed by atoms with E-state index >= 15 is 0 Å². The fraction of sp³-hybridized carbons (Fsp3) is 0.417. The van der Waals surface area contributed by atoms with E-state index in [1.54, 1.807) is 36.1 Å².